The molecule has 0 amide bonds. The average Bonchev–Trinajstić information content (AvgIpc) is 3.09. The second-order valence-corrected chi connectivity index (χ2v) is 5.82. The zero-order valence-corrected chi connectivity index (χ0v) is 13.6. The Morgan fingerprint density at radius 3 is 2.08 bits per heavy atom. The summed E-state index contributed by atoms with van der Waals surface area (Å²) in [4.78, 5) is 4.76. The molecule has 1 aromatic heterocycles. The van der Waals surface area contributed by atoms with Crippen LogP contribution in [0.25, 0.3) is 28.5 Å². The minimum absolute atomic E-state index is 0.653. The Bertz CT molecular complexity index is 906. The molecule has 0 bridgehead atoms. The maximum Gasteiger partial charge on any atom is 0.182 e. The molecule has 0 atom stereocenters. The molecular weight excluding hydrogens is 318 g/mol. The van der Waals surface area contributed by atoms with Gasteiger partial charge in [-0.1, -0.05) is 72.3 Å². The van der Waals surface area contributed by atoms with Crippen molar-refractivity contribution in [2.75, 3.05) is 0 Å². The lowest BCUT2D eigenvalue weighted by atomic mass is 10.2. The van der Waals surface area contributed by atoms with Gasteiger partial charge in [0.25, 0.3) is 0 Å². The predicted octanol–water partition coefficient (Wildman–Crippen LogP) is 5.25. The van der Waals surface area contributed by atoms with Gasteiger partial charge in [0.1, 0.15) is 0 Å². The van der Waals surface area contributed by atoms with Gasteiger partial charge in [0.15, 0.2) is 11.6 Å². The number of rotatable bonds is 3. The Labute approximate surface area is 145 Å². The summed E-state index contributed by atoms with van der Waals surface area (Å²) in [7, 11) is 0. The molecule has 0 aliphatic heterocycles. The van der Waals surface area contributed by atoms with E-state index in [-0.39, 0.29) is 0 Å². The maximum absolute atomic E-state index is 6.11. The number of nitrogens with zero attached hydrogens (tertiary/aromatic N) is 3. The van der Waals surface area contributed by atoms with Crippen molar-refractivity contribution in [3.05, 3.63) is 90.0 Å². The van der Waals surface area contributed by atoms with Gasteiger partial charge >= 0.3 is 0 Å². The Kier molecular flexibility index (Phi) is 3.85. The normalized spacial score (nSPS) is 10.7. The van der Waals surface area contributed by atoms with E-state index in [4.69, 9.17) is 21.7 Å². The minimum Gasteiger partial charge on any atom is -0.213 e. The second kappa shape index (κ2) is 6.30. The monoisotopic (exact) mass is 331 g/mol. The van der Waals surface area contributed by atoms with Crippen LogP contribution in [0.4, 0.5) is 0 Å². The molecule has 0 unspecified atom stereocenters. The third-order valence-electron chi connectivity index (χ3n) is 3.72. The smallest absolute Gasteiger partial charge is 0.182 e. The first-order valence-electron chi connectivity index (χ1n) is 7.65. The summed E-state index contributed by atoms with van der Waals surface area (Å²) in [5.41, 5.74) is 2.88. The van der Waals surface area contributed by atoms with Crippen molar-refractivity contribution in [3.8, 4) is 28.5 Å². The van der Waals surface area contributed by atoms with E-state index in [1.54, 1.807) is 0 Å². The fourth-order valence-electron chi connectivity index (χ4n) is 2.59. The topological polar surface area (TPSA) is 30.7 Å². The van der Waals surface area contributed by atoms with Gasteiger partial charge in [-0.2, -0.15) is 0 Å². The van der Waals surface area contributed by atoms with Gasteiger partial charge in [0.2, 0.25) is 0 Å². The number of para-hydroxylation sites is 1. The molecule has 4 rings (SSSR count). The largest absolute Gasteiger partial charge is 0.213 e. The Morgan fingerprint density at radius 2 is 1.38 bits per heavy atom. The second-order valence-electron chi connectivity index (χ2n) is 5.38. The van der Waals surface area contributed by atoms with Crippen LogP contribution in [0, 0.1) is 0 Å². The lowest BCUT2D eigenvalue weighted by molar-refractivity contribution is 0.890. The lowest BCUT2D eigenvalue weighted by Crippen LogP contribution is -1.99. The first-order valence-corrected chi connectivity index (χ1v) is 8.03. The van der Waals surface area contributed by atoms with Gasteiger partial charge in [-0.15, -0.1) is 5.10 Å². The Morgan fingerprint density at radius 1 is 0.708 bits per heavy atom. The quantitative estimate of drug-likeness (QED) is 0.513. The fourth-order valence-corrected chi connectivity index (χ4v) is 2.78. The van der Waals surface area contributed by atoms with Crippen LogP contribution in [0.5, 0.6) is 0 Å². The number of aromatic nitrogens is 3. The van der Waals surface area contributed by atoms with E-state index >= 15 is 0 Å². The van der Waals surface area contributed by atoms with Crippen LogP contribution in [0.2, 0.25) is 5.02 Å². The highest BCUT2D eigenvalue weighted by molar-refractivity contribution is 6.30. The molecule has 0 spiro atoms. The summed E-state index contributed by atoms with van der Waals surface area (Å²) in [5, 5.41) is 5.39. The van der Waals surface area contributed by atoms with E-state index in [9.17, 15) is 0 Å². The highest BCUT2D eigenvalue weighted by Gasteiger charge is 2.14. The van der Waals surface area contributed by atoms with Gasteiger partial charge in [0.05, 0.1) is 5.69 Å². The Balaban J connectivity index is 1.91. The zero-order valence-electron chi connectivity index (χ0n) is 12.8. The van der Waals surface area contributed by atoms with E-state index < -0.39 is 0 Å². The maximum atomic E-state index is 6.11. The molecule has 0 N–H and O–H groups in total. The van der Waals surface area contributed by atoms with Crippen LogP contribution in [0.15, 0.2) is 84.9 Å². The molecular formula is C20H14ClN3. The van der Waals surface area contributed by atoms with Gasteiger partial charge in [-0.25, -0.2) is 9.67 Å². The van der Waals surface area contributed by atoms with Crippen LogP contribution < -0.4 is 0 Å². The molecule has 0 fully saturated rings. The van der Waals surface area contributed by atoms with E-state index in [2.05, 4.69) is 0 Å². The minimum atomic E-state index is 0.653. The summed E-state index contributed by atoms with van der Waals surface area (Å²) < 4.78 is 1.87. The third-order valence-corrected chi connectivity index (χ3v) is 3.96. The first kappa shape index (κ1) is 14.7. The van der Waals surface area contributed by atoms with Crippen LogP contribution >= 0.6 is 11.6 Å². The molecule has 3 nitrogen and oxygen atoms in total. The van der Waals surface area contributed by atoms with Crippen molar-refractivity contribution in [1.82, 2.24) is 14.8 Å². The van der Waals surface area contributed by atoms with E-state index in [1.807, 2.05) is 89.6 Å². The van der Waals surface area contributed by atoms with Gasteiger partial charge in [-0.3, -0.25) is 0 Å². The molecule has 116 valence electrons. The first-order chi connectivity index (χ1) is 11.8. The van der Waals surface area contributed by atoms with Gasteiger partial charge < -0.3 is 0 Å². The molecule has 3 aromatic carbocycles. The van der Waals surface area contributed by atoms with Crippen LogP contribution in [-0.4, -0.2) is 14.8 Å². The summed E-state index contributed by atoms with van der Waals surface area (Å²) in [5.74, 6) is 1.46. The van der Waals surface area contributed by atoms with E-state index in [0.717, 1.165) is 22.6 Å². The molecule has 1 heterocycles. The van der Waals surface area contributed by atoms with Crippen molar-refractivity contribution in [2.45, 2.75) is 0 Å². The molecule has 0 aliphatic carbocycles. The molecule has 4 heteroatoms. The molecule has 4 aromatic rings. The lowest BCUT2D eigenvalue weighted by Gasteiger charge is -2.05. The number of hydrogen-bond donors (Lipinski definition) is 0. The van der Waals surface area contributed by atoms with Crippen LogP contribution in [-0.2, 0) is 0 Å². The standard InChI is InChI=1S/C20H14ClN3/c21-17-11-7-10-16(14-17)19-22-20(15-8-3-1-4-9-15)24(23-19)18-12-5-2-6-13-18/h1-14H. The predicted molar refractivity (Wildman–Crippen MR) is 97.2 cm³/mol. The summed E-state index contributed by atoms with van der Waals surface area (Å²) >= 11 is 6.11. The average molecular weight is 332 g/mol. The third kappa shape index (κ3) is 2.82. The van der Waals surface area contributed by atoms with Crippen molar-refractivity contribution < 1.29 is 0 Å². The summed E-state index contributed by atoms with van der Waals surface area (Å²) in [6.07, 6.45) is 0. The van der Waals surface area contributed by atoms with Gasteiger partial charge in [-0.05, 0) is 24.3 Å². The summed E-state index contributed by atoms with van der Waals surface area (Å²) in [6.45, 7) is 0. The van der Waals surface area contributed by atoms with Crippen molar-refractivity contribution in [2.24, 2.45) is 0 Å². The zero-order chi connectivity index (χ0) is 16.4. The highest BCUT2D eigenvalue weighted by atomic mass is 35.5. The van der Waals surface area contributed by atoms with Crippen LogP contribution in [0.3, 0.4) is 0 Å². The number of hydrogen-bond acceptors (Lipinski definition) is 2. The molecule has 0 radical (unpaired) electrons. The fraction of sp³-hybridized carbons (Fsp3) is 0. The Hall–Kier alpha value is -2.91. The van der Waals surface area contributed by atoms with Crippen molar-refractivity contribution in [1.29, 1.82) is 0 Å². The van der Waals surface area contributed by atoms with Crippen molar-refractivity contribution in [3.63, 3.8) is 0 Å². The van der Waals surface area contributed by atoms with Crippen LogP contribution in [0.1, 0.15) is 0 Å². The number of benzene rings is 3. The van der Waals surface area contributed by atoms with Gasteiger partial charge in [0, 0.05) is 16.1 Å². The molecule has 0 aliphatic rings. The number of halogens is 1. The highest BCUT2D eigenvalue weighted by Crippen LogP contribution is 2.26. The molecule has 0 saturated carbocycles. The van der Waals surface area contributed by atoms with E-state index in [1.165, 1.54) is 0 Å². The summed E-state index contributed by atoms with van der Waals surface area (Å²) in [6, 6.07) is 27.6. The molecule has 0 saturated heterocycles. The van der Waals surface area contributed by atoms with E-state index in [0.29, 0.717) is 10.8 Å². The molecule has 24 heavy (non-hydrogen) atoms. The SMILES string of the molecule is Clc1cccc(-c2nc(-c3ccccc3)n(-c3ccccc3)n2)c1. The van der Waals surface area contributed by atoms with Crippen molar-refractivity contribution >= 4 is 11.6 Å².